The van der Waals surface area contributed by atoms with Gasteiger partial charge in [-0.2, -0.15) is 0 Å². The third-order valence-electron chi connectivity index (χ3n) is 12.5. The fraction of sp³-hybridized carbons (Fsp3) is 0.532. The number of benzene rings is 3. The number of ether oxygens (including phenoxy) is 8. The number of methoxy groups -OCH3 is 6. The quantitative estimate of drug-likeness (QED) is 0.0513. The molecule has 1 fully saturated rings. The Balaban J connectivity index is 1.18. The number of hydrogen-bond acceptors (Lipinski definition) is 12. The van der Waals surface area contributed by atoms with Crippen LogP contribution in [0.2, 0.25) is 0 Å². The molecule has 62 heavy (non-hydrogen) atoms. The lowest BCUT2D eigenvalue weighted by Gasteiger charge is -2.46. The van der Waals surface area contributed by atoms with Crippen molar-refractivity contribution < 1.29 is 66.7 Å². The van der Waals surface area contributed by atoms with Gasteiger partial charge in [0.05, 0.1) is 109 Å². The lowest BCUT2D eigenvalue weighted by atomic mass is 9.84. The Morgan fingerprint density at radius 2 is 1.23 bits per heavy atom. The Labute approximate surface area is 370 Å². The lowest BCUT2D eigenvalue weighted by Crippen LogP contribution is -2.52. The predicted octanol–water partition coefficient (Wildman–Crippen LogP) is 6.20. The molecule has 0 amide bonds. The fourth-order valence-electron chi connectivity index (χ4n) is 9.22. The second-order valence-corrected chi connectivity index (χ2v) is 16.7. The summed E-state index contributed by atoms with van der Waals surface area (Å²) in [6, 6.07) is 11.8. The summed E-state index contributed by atoms with van der Waals surface area (Å²) in [4.78, 5) is 25.7. The number of likely N-dealkylation sites (tertiary alicyclic amines) is 1. The predicted molar refractivity (Wildman–Crippen MR) is 234 cm³/mol. The van der Waals surface area contributed by atoms with Crippen molar-refractivity contribution >= 4 is 23.5 Å². The number of fused-ring (bicyclic) bond motifs is 1. The molecule has 0 unspecified atom stereocenters. The number of aliphatic hydroxyl groups excluding tert-OH is 2. The molecule has 2 atom stereocenters. The first-order chi connectivity index (χ1) is 29.9. The van der Waals surface area contributed by atoms with Crippen molar-refractivity contribution in [1.82, 2.24) is 0 Å². The Bertz CT molecular complexity index is 1980. The smallest absolute Gasteiger partial charge is 0.350 e. The summed E-state index contributed by atoms with van der Waals surface area (Å²) in [6.07, 6.45) is 6.93. The van der Waals surface area contributed by atoms with Gasteiger partial charge in [-0.1, -0.05) is 17.7 Å². The van der Waals surface area contributed by atoms with Gasteiger partial charge in [0.2, 0.25) is 11.5 Å². The molecular weight excluding hydrogens is 820 g/mol. The van der Waals surface area contributed by atoms with Gasteiger partial charge < -0.3 is 57.1 Å². The van der Waals surface area contributed by atoms with Crippen LogP contribution in [0.15, 0.2) is 47.5 Å². The number of piperidine rings is 1. The van der Waals surface area contributed by atoms with E-state index < -0.39 is 11.9 Å². The molecule has 0 aliphatic carbocycles. The van der Waals surface area contributed by atoms with E-state index in [1.807, 2.05) is 36.4 Å². The van der Waals surface area contributed by atoms with E-state index in [4.69, 9.17) is 49.5 Å². The lowest BCUT2D eigenvalue weighted by molar-refractivity contribution is -0.945. The molecule has 2 heterocycles. The van der Waals surface area contributed by atoms with Crippen LogP contribution in [-0.2, 0) is 51.7 Å². The number of carbonyl (C=O) groups is 2. The molecular formula is C47H65ClN2O12+2. The number of quaternary nitrogens is 2. The van der Waals surface area contributed by atoms with Gasteiger partial charge in [0.1, 0.15) is 17.6 Å². The van der Waals surface area contributed by atoms with E-state index in [0.29, 0.717) is 75.9 Å². The van der Waals surface area contributed by atoms with E-state index in [9.17, 15) is 19.8 Å². The maximum atomic E-state index is 12.9. The monoisotopic (exact) mass is 884 g/mol. The van der Waals surface area contributed by atoms with Crippen LogP contribution in [0.25, 0.3) is 0 Å². The summed E-state index contributed by atoms with van der Waals surface area (Å²) in [6.45, 7) is 4.96. The third kappa shape index (κ3) is 11.6. The van der Waals surface area contributed by atoms with E-state index in [1.54, 1.807) is 42.7 Å². The molecule has 2 aliphatic rings. The average Bonchev–Trinajstić information content (AvgIpc) is 3.29. The van der Waals surface area contributed by atoms with Crippen LogP contribution in [0.3, 0.4) is 0 Å². The second-order valence-electron chi connectivity index (χ2n) is 16.3. The number of rotatable bonds is 22. The highest BCUT2D eigenvalue weighted by Gasteiger charge is 2.40. The van der Waals surface area contributed by atoms with Crippen LogP contribution >= 0.6 is 11.6 Å². The zero-order valence-corrected chi connectivity index (χ0v) is 38.1. The van der Waals surface area contributed by atoms with Crippen LogP contribution in [0.4, 0.5) is 0 Å². The number of likely N-dealkylation sites (N-methyl/N-ethyl adjacent to an activating group) is 1. The van der Waals surface area contributed by atoms with Gasteiger partial charge in [0.15, 0.2) is 23.0 Å². The van der Waals surface area contributed by atoms with Crippen molar-refractivity contribution in [2.24, 2.45) is 0 Å². The SMILES string of the molecule is COc1cc(C[C@@H]2c3cc(CO)c(CO)cc3CC[N@@+]2(C)CCCOC(=O)/C(Cl)=C/C(=O)OCCC[N+]2(Cc3cc(OC)c(OC)c(OC)c3)CCCCC2)cc(OC)c1OC. The van der Waals surface area contributed by atoms with Crippen molar-refractivity contribution in [2.45, 2.75) is 70.7 Å². The van der Waals surface area contributed by atoms with E-state index in [1.165, 1.54) is 6.42 Å². The van der Waals surface area contributed by atoms with Crippen LogP contribution in [0.1, 0.15) is 71.5 Å². The highest BCUT2D eigenvalue weighted by molar-refractivity contribution is 6.42. The molecule has 0 spiro atoms. The Kier molecular flexibility index (Phi) is 17.6. The topological polar surface area (TPSA) is 148 Å². The number of nitrogens with zero attached hydrogens (tertiary/aromatic N) is 2. The Morgan fingerprint density at radius 3 is 1.77 bits per heavy atom. The molecule has 1 saturated heterocycles. The highest BCUT2D eigenvalue weighted by atomic mass is 35.5. The van der Waals surface area contributed by atoms with Gasteiger partial charge in [-0.25, -0.2) is 9.59 Å². The van der Waals surface area contributed by atoms with Gasteiger partial charge >= 0.3 is 11.9 Å². The first-order valence-electron chi connectivity index (χ1n) is 21.2. The molecule has 0 saturated carbocycles. The number of aliphatic hydroxyl groups is 2. The minimum Gasteiger partial charge on any atom is -0.493 e. The largest absolute Gasteiger partial charge is 0.493 e. The Hall–Kier alpha value is -4.73. The van der Waals surface area contributed by atoms with E-state index in [-0.39, 0.29) is 37.5 Å². The molecule has 3 aromatic carbocycles. The first kappa shape index (κ1) is 48.3. The highest BCUT2D eigenvalue weighted by Crippen LogP contribution is 2.44. The summed E-state index contributed by atoms with van der Waals surface area (Å²) in [5, 5.41) is 19.9. The zero-order valence-electron chi connectivity index (χ0n) is 37.4. The second kappa shape index (κ2) is 22.6. The van der Waals surface area contributed by atoms with E-state index in [2.05, 4.69) is 7.05 Å². The number of esters is 2. The molecule has 0 aromatic heterocycles. The third-order valence-corrected chi connectivity index (χ3v) is 12.7. The summed E-state index contributed by atoms with van der Waals surface area (Å²) in [5.74, 6) is 1.90. The zero-order chi connectivity index (χ0) is 44.9. The molecule has 340 valence electrons. The van der Waals surface area contributed by atoms with Gasteiger partial charge in [-0.05, 0) is 71.8 Å². The fourth-order valence-corrected chi connectivity index (χ4v) is 9.36. The van der Waals surface area contributed by atoms with Crippen LogP contribution in [0, 0.1) is 0 Å². The van der Waals surface area contributed by atoms with Crippen molar-refractivity contribution in [1.29, 1.82) is 0 Å². The van der Waals surface area contributed by atoms with Crippen molar-refractivity contribution in [3.8, 4) is 34.5 Å². The molecule has 2 aliphatic heterocycles. The summed E-state index contributed by atoms with van der Waals surface area (Å²) < 4.78 is 46.1. The maximum absolute atomic E-state index is 12.9. The van der Waals surface area contributed by atoms with Gasteiger partial charge in [-0.3, -0.25) is 0 Å². The molecule has 0 radical (unpaired) electrons. The first-order valence-corrected chi connectivity index (χ1v) is 21.6. The minimum absolute atomic E-state index is 0.0603. The van der Waals surface area contributed by atoms with Crippen molar-refractivity contribution in [3.63, 3.8) is 0 Å². The maximum Gasteiger partial charge on any atom is 0.350 e. The van der Waals surface area contributed by atoms with Gasteiger partial charge in [0.25, 0.3) is 0 Å². The standard InChI is InChI=1S/C47H65ClN2O12/c1-49(18-13-34-26-35(30-51)36(31-52)27-37(34)39(49)21-32-22-40(55-2)45(59-6)41(23-32)56-3)14-11-20-62-47(54)38(48)28-44(53)61-19-12-17-50(15-9-8-10-16-50)29-33-24-42(57-4)46(60-7)43(25-33)58-5/h22-28,39,51-52H,8-21,29-31H2,1-7H3/q+2/b38-28-/t39-,49-/m1/s1. The summed E-state index contributed by atoms with van der Waals surface area (Å²) in [7, 11) is 11.7. The summed E-state index contributed by atoms with van der Waals surface area (Å²) in [5.41, 5.74) is 5.65. The van der Waals surface area contributed by atoms with Crippen molar-refractivity contribution in [3.05, 3.63) is 80.9 Å². The van der Waals surface area contributed by atoms with Gasteiger partial charge in [-0.15, -0.1) is 0 Å². The number of hydrogen-bond donors (Lipinski definition) is 2. The van der Waals surface area contributed by atoms with E-state index in [0.717, 1.165) is 84.8 Å². The van der Waals surface area contributed by atoms with E-state index >= 15 is 0 Å². The minimum atomic E-state index is -0.795. The Morgan fingerprint density at radius 1 is 0.694 bits per heavy atom. The molecule has 5 rings (SSSR count). The van der Waals surface area contributed by atoms with Crippen LogP contribution in [0.5, 0.6) is 34.5 Å². The molecule has 0 bridgehead atoms. The van der Waals surface area contributed by atoms with Crippen LogP contribution in [-0.4, -0.2) is 127 Å². The molecule has 15 heteroatoms. The molecule has 14 nitrogen and oxygen atoms in total. The normalized spacial score (nSPS) is 18.3. The van der Waals surface area contributed by atoms with Crippen LogP contribution < -0.4 is 28.4 Å². The molecule has 3 aromatic rings. The summed E-state index contributed by atoms with van der Waals surface area (Å²) >= 11 is 6.27. The van der Waals surface area contributed by atoms with Gasteiger partial charge in [0, 0.05) is 42.9 Å². The van der Waals surface area contributed by atoms with Crippen molar-refractivity contribution in [2.75, 3.05) is 95.6 Å². The molecule has 2 N–H and O–H groups in total. The average molecular weight is 885 g/mol. The number of carbonyl (C=O) groups excluding carboxylic acids is 2. The number of halogens is 1.